The number of phenols is 2. The van der Waals surface area contributed by atoms with Gasteiger partial charge in [-0.15, -0.1) is 0 Å². The molecule has 0 saturated carbocycles. The summed E-state index contributed by atoms with van der Waals surface area (Å²) < 4.78 is 17.2. The van der Waals surface area contributed by atoms with Gasteiger partial charge < -0.3 is 49.6 Å². The van der Waals surface area contributed by atoms with E-state index in [0.29, 0.717) is 0 Å². The number of rotatable bonds is 6. The summed E-state index contributed by atoms with van der Waals surface area (Å²) in [6, 6.07) is 6.65. The second kappa shape index (κ2) is 10.4. The molecule has 2 heterocycles. The summed E-state index contributed by atoms with van der Waals surface area (Å²) >= 11 is 0. The largest absolute Gasteiger partial charge is 0.508 e. The standard InChI is InChI=1S/C26H28O11/c1-11(2)3-8-14-16(35-26-23(34)21(32)19(30)17(10-27)36-26)9-15(29)18-20(31)22(33)24(37-25(14)18)12-4-6-13(28)7-5-12/h3-7,9,17,19,21,23,26-30,32-34H,8,10H2,1-2H3/t17-,19+,21+,23-,26-/m1/s1. The van der Waals surface area contributed by atoms with Crippen LogP contribution in [0.3, 0.4) is 0 Å². The van der Waals surface area contributed by atoms with Crippen LogP contribution in [0.25, 0.3) is 22.3 Å². The third-order valence-corrected chi connectivity index (χ3v) is 6.12. The first-order chi connectivity index (χ1) is 17.5. The Balaban J connectivity index is 1.91. The van der Waals surface area contributed by atoms with Crippen molar-refractivity contribution < 1.29 is 49.6 Å². The van der Waals surface area contributed by atoms with E-state index in [1.54, 1.807) is 6.08 Å². The third-order valence-electron chi connectivity index (χ3n) is 6.12. The van der Waals surface area contributed by atoms with E-state index in [1.165, 1.54) is 24.3 Å². The van der Waals surface area contributed by atoms with Crippen molar-refractivity contribution in [2.45, 2.75) is 51.0 Å². The van der Waals surface area contributed by atoms with E-state index in [2.05, 4.69) is 0 Å². The van der Waals surface area contributed by atoms with Gasteiger partial charge in [0, 0.05) is 17.2 Å². The van der Waals surface area contributed by atoms with E-state index < -0.39 is 54.2 Å². The second-order valence-corrected chi connectivity index (χ2v) is 9.03. The maximum absolute atomic E-state index is 13.1. The summed E-state index contributed by atoms with van der Waals surface area (Å²) in [5.41, 5.74) is 0.424. The van der Waals surface area contributed by atoms with Crippen molar-refractivity contribution in [3.8, 4) is 34.3 Å². The molecule has 0 radical (unpaired) electrons. The lowest BCUT2D eigenvalue weighted by molar-refractivity contribution is -0.277. The molecule has 4 rings (SSSR count). The molecular weight excluding hydrogens is 488 g/mol. The topological polar surface area (TPSA) is 190 Å². The van der Waals surface area contributed by atoms with Crippen molar-refractivity contribution in [1.82, 2.24) is 0 Å². The van der Waals surface area contributed by atoms with Crippen LogP contribution in [0.4, 0.5) is 0 Å². The molecule has 37 heavy (non-hydrogen) atoms. The van der Waals surface area contributed by atoms with E-state index in [4.69, 9.17) is 13.9 Å². The number of hydrogen-bond acceptors (Lipinski definition) is 11. The highest BCUT2D eigenvalue weighted by molar-refractivity contribution is 5.91. The van der Waals surface area contributed by atoms with E-state index in [0.717, 1.165) is 11.6 Å². The van der Waals surface area contributed by atoms with Gasteiger partial charge in [0.25, 0.3) is 0 Å². The van der Waals surface area contributed by atoms with Crippen LogP contribution in [0, 0.1) is 0 Å². The van der Waals surface area contributed by atoms with Gasteiger partial charge in [-0.1, -0.05) is 11.6 Å². The van der Waals surface area contributed by atoms with Crippen LogP contribution in [-0.4, -0.2) is 73.1 Å². The molecule has 1 aromatic heterocycles. The van der Waals surface area contributed by atoms with E-state index in [-0.39, 0.29) is 45.8 Å². The van der Waals surface area contributed by atoms with Gasteiger partial charge in [-0.25, -0.2) is 0 Å². The summed E-state index contributed by atoms with van der Waals surface area (Å²) in [5.74, 6) is -1.65. The predicted molar refractivity (Wildman–Crippen MR) is 130 cm³/mol. The van der Waals surface area contributed by atoms with Crippen molar-refractivity contribution >= 4 is 11.0 Å². The van der Waals surface area contributed by atoms with Crippen LogP contribution in [0.1, 0.15) is 19.4 Å². The summed E-state index contributed by atoms with van der Waals surface area (Å²) in [6.07, 6.45) is -5.86. The quantitative estimate of drug-likeness (QED) is 0.234. The average molecular weight is 516 g/mol. The van der Waals surface area contributed by atoms with E-state index >= 15 is 0 Å². The molecule has 3 aromatic rings. The van der Waals surface area contributed by atoms with E-state index in [9.17, 15) is 40.5 Å². The van der Waals surface area contributed by atoms with Crippen LogP contribution < -0.4 is 10.2 Å². The zero-order valence-corrected chi connectivity index (χ0v) is 20.0. The molecule has 1 aliphatic heterocycles. The van der Waals surface area contributed by atoms with Gasteiger partial charge in [0.05, 0.1) is 6.61 Å². The fraction of sp³-hybridized carbons (Fsp3) is 0.346. The molecule has 0 unspecified atom stereocenters. The number of hydrogen-bond donors (Lipinski definition) is 7. The Morgan fingerprint density at radius 2 is 1.70 bits per heavy atom. The Bertz CT molecular complexity index is 1370. The number of fused-ring (bicyclic) bond motifs is 1. The lowest BCUT2D eigenvalue weighted by atomic mass is 9.99. The fourth-order valence-electron chi connectivity index (χ4n) is 4.07. The summed E-state index contributed by atoms with van der Waals surface area (Å²) in [6.45, 7) is 3.01. The molecule has 198 valence electrons. The Kier molecular flexibility index (Phi) is 7.44. The lowest BCUT2D eigenvalue weighted by Crippen LogP contribution is -2.60. The lowest BCUT2D eigenvalue weighted by Gasteiger charge is -2.39. The molecule has 11 nitrogen and oxygen atoms in total. The highest BCUT2D eigenvalue weighted by Crippen LogP contribution is 2.40. The summed E-state index contributed by atoms with van der Waals surface area (Å²) in [4.78, 5) is 13.1. The molecule has 11 heteroatoms. The molecular formula is C26H28O11. The zero-order valence-electron chi connectivity index (χ0n) is 20.0. The molecule has 0 spiro atoms. The average Bonchev–Trinajstić information content (AvgIpc) is 2.86. The molecule has 1 fully saturated rings. The highest BCUT2D eigenvalue weighted by atomic mass is 16.7. The maximum atomic E-state index is 13.1. The van der Waals surface area contributed by atoms with Crippen LogP contribution in [0.5, 0.6) is 23.0 Å². The van der Waals surface area contributed by atoms with Gasteiger partial charge in [-0.2, -0.15) is 0 Å². The monoisotopic (exact) mass is 516 g/mol. The number of aliphatic hydroxyl groups excluding tert-OH is 4. The van der Waals surface area contributed by atoms with Crippen LogP contribution >= 0.6 is 0 Å². The number of ether oxygens (including phenoxy) is 2. The van der Waals surface area contributed by atoms with E-state index in [1.807, 2.05) is 13.8 Å². The maximum Gasteiger partial charge on any atom is 0.238 e. The van der Waals surface area contributed by atoms with Crippen LogP contribution in [0.15, 0.2) is 51.2 Å². The van der Waals surface area contributed by atoms with Gasteiger partial charge in [-0.05, 0) is 44.5 Å². The molecule has 7 N–H and O–H groups in total. The Morgan fingerprint density at radius 1 is 1.03 bits per heavy atom. The predicted octanol–water partition coefficient (Wildman–Crippen LogP) is 1.26. The van der Waals surface area contributed by atoms with Crippen molar-refractivity contribution in [3.05, 3.63) is 57.8 Å². The highest BCUT2D eigenvalue weighted by Gasteiger charge is 2.45. The third kappa shape index (κ3) is 4.99. The molecule has 5 atom stereocenters. The molecule has 0 bridgehead atoms. The minimum absolute atomic E-state index is 0.0384. The first kappa shape index (κ1) is 26.5. The molecule has 1 saturated heterocycles. The van der Waals surface area contributed by atoms with Crippen molar-refractivity contribution in [2.24, 2.45) is 0 Å². The summed E-state index contributed by atoms with van der Waals surface area (Å²) in [7, 11) is 0. The number of phenolic OH excluding ortho intramolecular Hbond substituents is 2. The SMILES string of the molecule is CC(C)=CCc1c(O[C@@H]2O[C@H](CO)[C@H](O)[C@H](O)[C@H]2O)cc(O)c2c(=O)c(O)c(-c3ccc(O)cc3)oc12. The van der Waals surface area contributed by atoms with Crippen molar-refractivity contribution in [2.75, 3.05) is 6.61 Å². The minimum atomic E-state index is -1.72. The Hall–Kier alpha value is -3.61. The van der Waals surface area contributed by atoms with Gasteiger partial charge in [0.1, 0.15) is 52.6 Å². The number of aromatic hydroxyl groups is 3. The second-order valence-electron chi connectivity index (χ2n) is 9.03. The fourth-order valence-corrected chi connectivity index (χ4v) is 4.07. The number of allylic oxidation sites excluding steroid dienone is 2. The first-order valence-corrected chi connectivity index (χ1v) is 11.5. The smallest absolute Gasteiger partial charge is 0.238 e. The summed E-state index contributed by atoms with van der Waals surface area (Å²) in [5, 5.41) is 70.7. The normalized spacial score (nSPS) is 23.7. The first-order valence-electron chi connectivity index (χ1n) is 11.5. The Morgan fingerprint density at radius 3 is 2.32 bits per heavy atom. The minimum Gasteiger partial charge on any atom is -0.508 e. The van der Waals surface area contributed by atoms with Gasteiger partial charge >= 0.3 is 0 Å². The molecule has 0 amide bonds. The van der Waals surface area contributed by atoms with Crippen LogP contribution in [0.2, 0.25) is 0 Å². The number of aliphatic hydroxyl groups is 4. The molecule has 1 aliphatic rings. The number of benzene rings is 2. The van der Waals surface area contributed by atoms with Crippen LogP contribution in [-0.2, 0) is 11.2 Å². The van der Waals surface area contributed by atoms with Gasteiger partial charge in [-0.3, -0.25) is 4.79 Å². The zero-order chi connectivity index (χ0) is 27.0. The van der Waals surface area contributed by atoms with Gasteiger partial charge in [0.2, 0.25) is 17.5 Å². The molecule has 2 aromatic carbocycles. The van der Waals surface area contributed by atoms with Crippen molar-refractivity contribution in [3.63, 3.8) is 0 Å². The van der Waals surface area contributed by atoms with Crippen molar-refractivity contribution in [1.29, 1.82) is 0 Å². The Labute approximate surface area is 210 Å². The molecule has 0 aliphatic carbocycles. The van der Waals surface area contributed by atoms with Gasteiger partial charge in [0.15, 0.2) is 5.76 Å².